The molecule has 0 spiro atoms. The fourth-order valence-corrected chi connectivity index (χ4v) is 1.03. The highest BCUT2D eigenvalue weighted by Gasteiger charge is 1.97. The van der Waals surface area contributed by atoms with Crippen molar-refractivity contribution in [2.75, 3.05) is 11.1 Å². The summed E-state index contributed by atoms with van der Waals surface area (Å²) >= 11 is 0. The molecular formula is C9H9N3O. The number of nitrogen functional groups attached to an aromatic ring is 1. The molecule has 13 heavy (non-hydrogen) atoms. The Labute approximate surface area is 75.4 Å². The third-order valence-electron chi connectivity index (χ3n) is 1.57. The van der Waals surface area contributed by atoms with E-state index in [9.17, 15) is 0 Å². The molecule has 1 aromatic carbocycles. The van der Waals surface area contributed by atoms with E-state index in [0.717, 1.165) is 5.69 Å². The Kier molecular flexibility index (Phi) is 1.88. The van der Waals surface area contributed by atoms with Crippen molar-refractivity contribution >= 4 is 17.4 Å². The maximum atomic E-state index is 5.60. The quantitative estimate of drug-likeness (QED) is 0.685. The molecule has 1 heterocycles. The molecule has 0 amide bonds. The molecule has 0 aliphatic carbocycles. The maximum Gasteiger partial charge on any atom is 0.299 e. The monoisotopic (exact) mass is 175 g/mol. The van der Waals surface area contributed by atoms with Crippen LogP contribution in [0, 0.1) is 0 Å². The summed E-state index contributed by atoms with van der Waals surface area (Å²) in [6.07, 6.45) is 3.09. The molecule has 0 radical (unpaired) electrons. The Morgan fingerprint density at radius 3 is 3.00 bits per heavy atom. The van der Waals surface area contributed by atoms with Crippen LogP contribution in [0.3, 0.4) is 0 Å². The molecule has 0 fully saturated rings. The number of nitrogens with one attached hydrogen (secondary N) is 1. The smallest absolute Gasteiger partial charge is 0.299 e. The highest BCUT2D eigenvalue weighted by atomic mass is 16.4. The Morgan fingerprint density at radius 1 is 1.38 bits per heavy atom. The van der Waals surface area contributed by atoms with Crippen molar-refractivity contribution < 1.29 is 4.42 Å². The number of nitrogens with two attached hydrogens (primary N) is 1. The van der Waals surface area contributed by atoms with Crippen molar-refractivity contribution in [2.45, 2.75) is 0 Å². The molecule has 0 aliphatic rings. The molecule has 0 bridgehead atoms. The van der Waals surface area contributed by atoms with E-state index < -0.39 is 0 Å². The summed E-state index contributed by atoms with van der Waals surface area (Å²) in [5.41, 5.74) is 7.17. The minimum absolute atomic E-state index is 0.464. The molecular weight excluding hydrogens is 166 g/mol. The fraction of sp³-hybridized carbons (Fsp3) is 0. The molecule has 66 valence electrons. The Balaban J connectivity index is 2.19. The number of hydrogen-bond donors (Lipinski definition) is 2. The molecule has 4 nitrogen and oxygen atoms in total. The zero-order chi connectivity index (χ0) is 9.10. The van der Waals surface area contributed by atoms with Gasteiger partial charge in [0.1, 0.15) is 6.26 Å². The van der Waals surface area contributed by atoms with E-state index in [1.165, 1.54) is 6.26 Å². The maximum absolute atomic E-state index is 5.60. The highest BCUT2D eigenvalue weighted by Crippen LogP contribution is 2.16. The van der Waals surface area contributed by atoms with Gasteiger partial charge in [0.15, 0.2) is 0 Å². The van der Waals surface area contributed by atoms with Crippen LogP contribution in [0.2, 0.25) is 0 Å². The van der Waals surface area contributed by atoms with E-state index in [-0.39, 0.29) is 0 Å². The second-order valence-corrected chi connectivity index (χ2v) is 2.59. The highest BCUT2D eigenvalue weighted by molar-refractivity contribution is 5.58. The van der Waals surface area contributed by atoms with Crippen LogP contribution in [0.1, 0.15) is 0 Å². The number of hydrogen-bond acceptors (Lipinski definition) is 4. The summed E-state index contributed by atoms with van der Waals surface area (Å²) in [6, 6.07) is 7.84. The van der Waals surface area contributed by atoms with Gasteiger partial charge in [-0.15, -0.1) is 0 Å². The van der Waals surface area contributed by atoms with Crippen LogP contribution in [-0.4, -0.2) is 4.98 Å². The van der Waals surface area contributed by atoms with Gasteiger partial charge in [-0.1, -0.05) is 6.07 Å². The van der Waals surface area contributed by atoms with Gasteiger partial charge in [0.2, 0.25) is 0 Å². The Morgan fingerprint density at radius 2 is 2.31 bits per heavy atom. The number of rotatable bonds is 2. The van der Waals surface area contributed by atoms with Crippen molar-refractivity contribution in [2.24, 2.45) is 0 Å². The van der Waals surface area contributed by atoms with Gasteiger partial charge in [-0.2, -0.15) is 0 Å². The number of nitrogens with zero attached hydrogens (tertiary/aromatic N) is 1. The molecule has 2 aromatic rings. The average Bonchev–Trinajstić information content (AvgIpc) is 2.57. The second kappa shape index (κ2) is 3.18. The normalized spacial score (nSPS) is 9.85. The summed E-state index contributed by atoms with van der Waals surface area (Å²) in [5.74, 6) is 0. The van der Waals surface area contributed by atoms with E-state index in [0.29, 0.717) is 11.7 Å². The topological polar surface area (TPSA) is 64.1 Å². The summed E-state index contributed by atoms with van der Waals surface area (Å²) in [4.78, 5) is 3.92. The first kappa shape index (κ1) is 7.67. The van der Waals surface area contributed by atoms with E-state index >= 15 is 0 Å². The van der Waals surface area contributed by atoms with Crippen LogP contribution in [0.5, 0.6) is 0 Å². The minimum atomic E-state index is 0.464. The van der Waals surface area contributed by atoms with Crippen LogP contribution in [0.25, 0.3) is 0 Å². The number of aromatic nitrogens is 1. The molecule has 0 aliphatic heterocycles. The molecule has 4 heteroatoms. The summed E-state index contributed by atoms with van der Waals surface area (Å²) in [5, 5.41) is 2.97. The van der Waals surface area contributed by atoms with Crippen molar-refractivity contribution in [1.82, 2.24) is 4.98 Å². The Hall–Kier alpha value is -1.97. The molecule has 0 unspecified atom stereocenters. The minimum Gasteiger partial charge on any atom is -0.432 e. The predicted molar refractivity (Wildman–Crippen MR) is 50.6 cm³/mol. The van der Waals surface area contributed by atoms with Crippen molar-refractivity contribution in [1.29, 1.82) is 0 Å². The lowest BCUT2D eigenvalue weighted by atomic mass is 10.3. The first-order valence-corrected chi connectivity index (χ1v) is 3.87. The molecule has 2 rings (SSSR count). The van der Waals surface area contributed by atoms with Crippen LogP contribution in [0.15, 0.2) is 41.1 Å². The van der Waals surface area contributed by atoms with Gasteiger partial charge in [-0.3, -0.25) is 0 Å². The largest absolute Gasteiger partial charge is 0.432 e. The molecule has 0 atom stereocenters. The van der Waals surface area contributed by atoms with Crippen LogP contribution in [0.4, 0.5) is 17.4 Å². The summed E-state index contributed by atoms with van der Waals surface area (Å²) in [7, 11) is 0. The average molecular weight is 175 g/mol. The molecule has 0 saturated heterocycles. The second-order valence-electron chi connectivity index (χ2n) is 2.59. The SMILES string of the molecule is Nc1cccc(Nc2ncco2)c1. The number of anilines is 3. The van der Waals surface area contributed by atoms with Gasteiger partial charge in [0.05, 0.1) is 6.20 Å². The van der Waals surface area contributed by atoms with Gasteiger partial charge in [0, 0.05) is 11.4 Å². The zero-order valence-electron chi connectivity index (χ0n) is 6.90. The zero-order valence-corrected chi connectivity index (χ0v) is 6.90. The third-order valence-corrected chi connectivity index (χ3v) is 1.57. The fourth-order valence-electron chi connectivity index (χ4n) is 1.03. The first-order chi connectivity index (χ1) is 6.34. The van der Waals surface area contributed by atoms with Crippen molar-refractivity contribution in [3.05, 3.63) is 36.7 Å². The molecule has 1 aromatic heterocycles. The van der Waals surface area contributed by atoms with Crippen LogP contribution >= 0.6 is 0 Å². The predicted octanol–water partition coefficient (Wildman–Crippen LogP) is 2.00. The van der Waals surface area contributed by atoms with Gasteiger partial charge in [-0.25, -0.2) is 4.98 Å². The lowest BCUT2D eigenvalue weighted by Crippen LogP contribution is -1.91. The molecule has 3 N–H and O–H groups in total. The van der Waals surface area contributed by atoms with E-state index in [4.69, 9.17) is 10.2 Å². The van der Waals surface area contributed by atoms with E-state index in [1.807, 2.05) is 24.3 Å². The summed E-state index contributed by atoms with van der Waals surface area (Å²) < 4.78 is 5.01. The molecule has 0 saturated carbocycles. The standard InChI is InChI=1S/C9H9N3O/c10-7-2-1-3-8(6-7)12-9-11-4-5-13-9/h1-6H,10H2,(H,11,12). The lowest BCUT2D eigenvalue weighted by Gasteiger charge is -2.01. The Bertz CT molecular complexity index is 384. The van der Waals surface area contributed by atoms with Gasteiger partial charge in [-0.05, 0) is 18.2 Å². The lowest BCUT2D eigenvalue weighted by molar-refractivity contribution is 0.578. The van der Waals surface area contributed by atoms with Gasteiger partial charge >= 0.3 is 0 Å². The van der Waals surface area contributed by atoms with Gasteiger partial charge in [0.25, 0.3) is 6.01 Å². The van der Waals surface area contributed by atoms with Crippen LogP contribution in [-0.2, 0) is 0 Å². The van der Waals surface area contributed by atoms with E-state index in [2.05, 4.69) is 10.3 Å². The number of oxazole rings is 1. The first-order valence-electron chi connectivity index (χ1n) is 3.87. The van der Waals surface area contributed by atoms with Crippen LogP contribution < -0.4 is 11.1 Å². The summed E-state index contributed by atoms with van der Waals surface area (Å²) in [6.45, 7) is 0. The number of benzene rings is 1. The third kappa shape index (κ3) is 1.79. The van der Waals surface area contributed by atoms with E-state index in [1.54, 1.807) is 6.20 Å². The van der Waals surface area contributed by atoms with Crippen molar-refractivity contribution in [3.8, 4) is 0 Å². The van der Waals surface area contributed by atoms with Gasteiger partial charge < -0.3 is 15.5 Å². The van der Waals surface area contributed by atoms with Crippen molar-refractivity contribution in [3.63, 3.8) is 0 Å².